The van der Waals surface area contributed by atoms with Gasteiger partial charge in [0.05, 0.1) is 0 Å². The molecule has 2 rings (SSSR count). The first kappa shape index (κ1) is 13.7. The monoisotopic (exact) mass is 263 g/mol. The Morgan fingerprint density at radius 3 is 2.95 bits per heavy atom. The molecule has 1 aromatic carbocycles. The van der Waals surface area contributed by atoms with Gasteiger partial charge in [0.25, 0.3) is 0 Å². The quantitative estimate of drug-likeness (QED) is 0.366. The second-order valence-corrected chi connectivity index (χ2v) is 4.83. The van der Waals surface area contributed by atoms with Gasteiger partial charge in [-0.05, 0) is 31.5 Å². The van der Waals surface area contributed by atoms with E-state index in [1.54, 1.807) is 0 Å². The third-order valence-corrected chi connectivity index (χ3v) is 3.46. The zero-order chi connectivity index (χ0) is 13.5. The zero-order valence-corrected chi connectivity index (χ0v) is 11.0. The molecule has 5 heteroatoms. The van der Waals surface area contributed by atoms with Crippen LogP contribution in [0.5, 0.6) is 5.75 Å². The van der Waals surface area contributed by atoms with E-state index in [1.807, 2.05) is 30.3 Å². The molecule has 5 nitrogen and oxygen atoms in total. The summed E-state index contributed by atoms with van der Waals surface area (Å²) in [6.07, 6.45) is 2.07. The maximum absolute atomic E-state index is 8.72. The molecule has 1 atom stereocenters. The van der Waals surface area contributed by atoms with E-state index in [4.69, 9.17) is 15.7 Å². The smallest absolute Gasteiger partial charge is 0.143 e. The molecule has 0 aromatic heterocycles. The number of likely N-dealkylation sites (tertiary alicyclic amines) is 1. The lowest BCUT2D eigenvalue weighted by Crippen LogP contribution is -2.42. The van der Waals surface area contributed by atoms with Crippen molar-refractivity contribution < 1.29 is 9.94 Å². The largest absolute Gasteiger partial charge is 0.492 e. The molecule has 104 valence electrons. The SMILES string of the molecule is NC(=NO)C1CCCN(CCOc2ccccc2)C1. The fourth-order valence-electron chi connectivity index (χ4n) is 2.39. The minimum atomic E-state index is 0.162. The molecule has 1 heterocycles. The first-order valence-electron chi connectivity index (χ1n) is 6.67. The van der Waals surface area contributed by atoms with Crippen molar-refractivity contribution in [2.24, 2.45) is 16.8 Å². The highest BCUT2D eigenvalue weighted by atomic mass is 16.5. The maximum atomic E-state index is 8.72. The van der Waals surface area contributed by atoms with Crippen LogP contribution >= 0.6 is 0 Å². The van der Waals surface area contributed by atoms with Crippen LogP contribution < -0.4 is 10.5 Å². The summed E-state index contributed by atoms with van der Waals surface area (Å²) in [5.41, 5.74) is 5.67. The number of para-hydroxylation sites is 1. The highest BCUT2D eigenvalue weighted by Crippen LogP contribution is 2.16. The normalized spacial score (nSPS) is 21.3. The van der Waals surface area contributed by atoms with E-state index in [2.05, 4.69) is 10.1 Å². The van der Waals surface area contributed by atoms with Crippen LogP contribution in [0.25, 0.3) is 0 Å². The van der Waals surface area contributed by atoms with Crippen molar-refractivity contribution >= 4 is 5.84 Å². The Kier molecular flexibility index (Phi) is 5.03. The van der Waals surface area contributed by atoms with Crippen molar-refractivity contribution in [3.05, 3.63) is 30.3 Å². The molecule has 0 aliphatic carbocycles. The predicted molar refractivity (Wildman–Crippen MR) is 74.5 cm³/mol. The number of piperidine rings is 1. The van der Waals surface area contributed by atoms with E-state index < -0.39 is 0 Å². The van der Waals surface area contributed by atoms with Crippen LogP contribution in [0.4, 0.5) is 0 Å². The number of amidine groups is 1. The zero-order valence-electron chi connectivity index (χ0n) is 11.0. The van der Waals surface area contributed by atoms with Gasteiger partial charge in [0.15, 0.2) is 0 Å². The lowest BCUT2D eigenvalue weighted by Gasteiger charge is -2.31. The topological polar surface area (TPSA) is 71.1 Å². The number of nitrogens with two attached hydrogens (primary N) is 1. The molecule has 1 fully saturated rings. The minimum Gasteiger partial charge on any atom is -0.492 e. The molecule has 1 unspecified atom stereocenters. The van der Waals surface area contributed by atoms with E-state index >= 15 is 0 Å². The Bertz CT molecular complexity index is 408. The predicted octanol–water partition coefficient (Wildman–Crippen LogP) is 1.52. The number of benzene rings is 1. The molecule has 1 aromatic rings. The molecule has 0 spiro atoms. The van der Waals surface area contributed by atoms with Crippen LogP contribution in [0.2, 0.25) is 0 Å². The van der Waals surface area contributed by atoms with Crippen molar-refractivity contribution in [3.8, 4) is 5.75 Å². The van der Waals surface area contributed by atoms with Crippen molar-refractivity contribution in [2.75, 3.05) is 26.2 Å². The molecule has 19 heavy (non-hydrogen) atoms. The number of hydrogen-bond acceptors (Lipinski definition) is 4. The third kappa shape index (κ3) is 4.13. The number of ether oxygens (including phenoxy) is 1. The van der Waals surface area contributed by atoms with Crippen molar-refractivity contribution in [1.29, 1.82) is 0 Å². The number of hydrogen-bond donors (Lipinski definition) is 2. The molecule has 0 bridgehead atoms. The van der Waals surface area contributed by atoms with Crippen molar-refractivity contribution in [1.82, 2.24) is 4.90 Å². The first-order valence-corrected chi connectivity index (χ1v) is 6.67. The fourth-order valence-corrected chi connectivity index (χ4v) is 2.39. The summed E-state index contributed by atoms with van der Waals surface area (Å²) in [5, 5.41) is 11.8. The number of rotatable bonds is 5. The number of oxime groups is 1. The minimum absolute atomic E-state index is 0.162. The summed E-state index contributed by atoms with van der Waals surface area (Å²) in [6, 6.07) is 9.80. The van der Waals surface area contributed by atoms with Gasteiger partial charge in [0.2, 0.25) is 0 Å². The van der Waals surface area contributed by atoms with Crippen molar-refractivity contribution in [3.63, 3.8) is 0 Å². The molecular weight excluding hydrogens is 242 g/mol. The second-order valence-electron chi connectivity index (χ2n) is 4.83. The highest BCUT2D eigenvalue weighted by molar-refractivity contribution is 5.82. The molecule has 1 aliphatic heterocycles. The summed E-state index contributed by atoms with van der Waals surface area (Å²) < 4.78 is 5.68. The van der Waals surface area contributed by atoms with Crippen LogP contribution in [0.3, 0.4) is 0 Å². The van der Waals surface area contributed by atoms with Gasteiger partial charge in [-0.2, -0.15) is 0 Å². The molecule has 0 saturated carbocycles. The maximum Gasteiger partial charge on any atom is 0.143 e. The van der Waals surface area contributed by atoms with Gasteiger partial charge in [-0.15, -0.1) is 0 Å². The van der Waals surface area contributed by atoms with Gasteiger partial charge < -0.3 is 15.7 Å². The Morgan fingerprint density at radius 2 is 2.21 bits per heavy atom. The van der Waals surface area contributed by atoms with Gasteiger partial charge >= 0.3 is 0 Å². The molecule has 0 radical (unpaired) electrons. The van der Waals surface area contributed by atoms with Gasteiger partial charge in [-0.1, -0.05) is 23.4 Å². The van der Waals surface area contributed by atoms with E-state index in [-0.39, 0.29) is 5.92 Å². The second kappa shape index (κ2) is 6.99. The molecule has 3 N–H and O–H groups in total. The number of nitrogens with zero attached hydrogens (tertiary/aromatic N) is 2. The average Bonchev–Trinajstić information content (AvgIpc) is 2.48. The Balaban J connectivity index is 1.74. The lowest BCUT2D eigenvalue weighted by atomic mass is 9.97. The van der Waals surface area contributed by atoms with E-state index in [0.29, 0.717) is 12.4 Å². The van der Waals surface area contributed by atoms with Gasteiger partial charge in [-0.25, -0.2) is 0 Å². The Hall–Kier alpha value is -1.75. The lowest BCUT2D eigenvalue weighted by molar-refractivity contribution is 0.165. The first-order chi connectivity index (χ1) is 9.29. The third-order valence-electron chi connectivity index (χ3n) is 3.46. The van der Waals surface area contributed by atoms with E-state index in [0.717, 1.165) is 38.2 Å². The Morgan fingerprint density at radius 1 is 1.42 bits per heavy atom. The van der Waals surface area contributed by atoms with Crippen molar-refractivity contribution in [2.45, 2.75) is 12.8 Å². The van der Waals surface area contributed by atoms with Gasteiger partial charge in [-0.3, -0.25) is 4.90 Å². The fraction of sp³-hybridized carbons (Fsp3) is 0.500. The van der Waals surface area contributed by atoms with E-state index in [9.17, 15) is 0 Å². The molecule has 1 aliphatic rings. The van der Waals surface area contributed by atoms with Gasteiger partial charge in [0, 0.05) is 19.0 Å². The summed E-state index contributed by atoms with van der Waals surface area (Å²) in [7, 11) is 0. The van der Waals surface area contributed by atoms with Crippen LogP contribution in [0, 0.1) is 5.92 Å². The van der Waals surface area contributed by atoms with Crippen LogP contribution in [0.15, 0.2) is 35.5 Å². The van der Waals surface area contributed by atoms with Crippen LogP contribution in [0.1, 0.15) is 12.8 Å². The van der Waals surface area contributed by atoms with Crippen LogP contribution in [-0.2, 0) is 0 Å². The molecular formula is C14H21N3O2. The summed E-state index contributed by atoms with van der Waals surface area (Å²) in [4.78, 5) is 2.30. The standard InChI is InChI=1S/C14H21N3O2/c15-14(16-18)12-5-4-8-17(11-12)9-10-19-13-6-2-1-3-7-13/h1-3,6-7,12,18H,4-5,8-11H2,(H2,15,16). The molecule has 1 saturated heterocycles. The summed E-state index contributed by atoms with van der Waals surface area (Å²) in [6.45, 7) is 3.42. The van der Waals surface area contributed by atoms with E-state index in [1.165, 1.54) is 0 Å². The van der Waals surface area contributed by atoms with Gasteiger partial charge in [0.1, 0.15) is 18.2 Å². The molecule has 0 amide bonds. The highest BCUT2D eigenvalue weighted by Gasteiger charge is 2.22. The summed E-state index contributed by atoms with van der Waals surface area (Å²) >= 11 is 0. The average molecular weight is 263 g/mol. The van der Waals surface area contributed by atoms with Crippen LogP contribution in [-0.4, -0.2) is 42.2 Å². The summed E-state index contributed by atoms with van der Waals surface area (Å²) in [5.74, 6) is 1.40. The Labute approximate surface area is 113 Å².